The van der Waals surface area contributed by atoms with E-state index in [1.807, 2.05) is 13.0 Å². The summed E-state index contributed by atoms with van der Waals surface area (Å²) in [4.78, 5) is 0. The van der Waals surface area contributed by atoms with E-state index in [0.717, 1.165) is 12.8 Å². The van der Waals surface area contributed by atoms with Gasteiger partial charge in [0.15, 0.2) is 0 Å². The number of hydrogen-bond acceptors (Lipinski definition) is 0. The molecule has 0 heteroatoms. The van der Waals surface area contributed by atoms with Crippen LogP contribution < -0.4 is 0 Å². The first-order valence-corrected chi connectivity index (χ1v) is 8.36. The van der Waals surface area contributed by atoms with E-state index in [-0.39, 0.29) is 0 Å². The molecular formula is C23H26. The van der Waals surface area contributed by atoms with Gasteiger partial charge in [-0.3, -0.25) is 0 Å². The highest BCUT2D eigenvalue weighted by Crippen LogP contribution is 2.31. The first-order chi connectivity index (χ1) is 11.2. The zero-order valence-corrected chi connectivity index (χ0v) is 14.5. The molecule has 0 nitrogen and oxygen atoms in total. The fraction of sp³-hybridized carbons (Fsp3) is 0.217. The predicted molar refractivity (Wildman–Crippen MR) is 104 cm³/mol. The third-order valence-corrected chi connectivity index (χ3v) is 4.04. The van der Waals surface area contributed by atoms with Crippen molar-refractivity contribution in [3.63, 3.8) is 0 Å². The summed E-state index contributed by atoms with van der Waals surface area (Å²) in [5.74, 6) is 0. The van der Waals surface area contributed by atoms with Crippen molar-refractivity contribution in [2.24, 2.45) is 0 Å². The topological polar surface area (TPSA) is 0 Å². The van der Waals surface area contributed by atoms with Crippen molar-refractivity contribution in [2.75, 3.05) is 0 Å². The highest BCUT2D eigenvalue weighted by atomic mass is 14.1. The second kappa shape index (κ2) is 8.33. The molecule has 0 bridgehead atoms. The molecule has 0 aliphatic rings. The Balaban J connectivity index is 2.63. The second-order valence-electron chi connectivity index (χ2n) is 5.79. The van der Waals surface area contributed by atoms with Crippen molar-refractivity contribution in [3.8, 4) is 11.1 Å². The van der Waals surface area contributed by atoms with E-state index in [1.165, 1.54) is 33.4 Å². The van der Waals surface area contributed by atoms with Gasteiger partial charge in [0.1, 0.15) is 0 Å². The van der Waals surface area contributed by atoms with E-state index in [1.54, 1.807) is 0 Å². The average Bonchev–Trinajstić information content (AvgIpc) is 2.56. The lowest BCUT2D eigenvalue weighted by molar-refractivity contribution is 0.923. The van der Waals surface area contributed by atoms with Crippen LogP contribution in [0.15, 0.2) is 73.3 Å². The molecule has 0 fully saturated rings. The van der Waals surface area contributed by atoms with Crippen LogP contribution in [0.4, 0.5) is 0 Å². The molecule has 0 heterocycles. The summed E-state index contributed by atoms with van der Waals surface area (Å²) in [6, 6.07) is 15.5. The van der Waals surface area contributed by atoms with Crippen LogP contribution in [0.3, 0.4) is 0 Å². The van der Waals surface area contributed by atoms with Gasteiger partial charge >= 0.3 is 0 Å². The number of allylic oxidation sites excluding steroid dienone is 5. The largest absolute Gasteiger partial charge is 0.0990 e. The quantitative estimate of drug-likeness (QED) is 0.517. The number of hydrogen-bond donors (Lipinski definition) is 0. The summed E-state index contributed by atoms with van der Waals surface area (Å²) >= 11 is 0. The predicted octanol–water partition coefficient (Wildman–Crippen LogP) is 6.76. The van der Waals surface area contributed by atoms with E-state index in [4.69, 9.17) is 0 Å². The Morgan fingerprint density at radius 1 is 1.09 bits per heavy atom. The fourth-order valence-corrected chi connectivity index (χ4v) is 2.92. The average molecular weight is 302 g/mol. The number of aryl methyl sites for hydroxylation is 2. The summed E-state index contributed by atoms with van der Waals surface area (Å²) in [6.45, 7) is 10.3. The molecule has 0 saturated carbocycles. The van der Waals surface area contributed by atoms with E-state index in [0.29, 0.717) is 0 Å². The minimum atomic E-state index is 1.11. The smallest absolute Gasteiger partial charge is 0.0143 e. The lowest BCUT2D eigenvalue weighted by Crippen LogP contribution is -1.94. The van der Waals surface area contributed by atoms with E-state index >= 15 is 0 Å². The molecule has 0 spiro atoms. The Bertz CT molecular complexity index is 729. The van der Waals surface area contributed by atoms with Crippen LogP contribution in [0.25, 0.3) is 16.7 Å². The molecule has 0 atom stereocenters. The summed E-state index contributed by atoms with van der Waals surface area (Å²) in [5.41, 5.74) is 7.85. The third kappa shape index (κ3) is 4.10. The first kappa shape index (κ1) is 17.0. The van der Waals surface area contributed by atoms with Crippen LogP contribution in [-0.4, -0.2) is 0 Å². The van der Waals surface area contributed by atoms with Gasteiger partial charge in [-0.2, -0.15) is 0 Å². The van der Waals surface area contributed by atoms with Gasteiger partial charge < -0.3 is 0 Å². The van der Waals surface area contributed by atoms with Crippen molar-refractivity contribution in [3.05, 3.63) is 90.0 Å². The molecule has 2 aromatic rings. The second-order valence-corrected chi connectivity index (χ2v) is 5.79. The minimum Gasteiger partial charge on any atom is -0.0990 e. The van der Waals surface area contributed by atoms with Gasteiger partial charge in [-0.25, -0.2) is 0 Å². The van der Waals surface area contributed by atoms with Gasteiger partial charge in [0.2, 0.25) is 0 Å². The zero-order valence-electron chi connectivity index (χ0n) is 14.5. The molecule has 0 aliphatic heterocycles. The molecule has 0 radical (unpaired) electrons. The normalized spacial score (nSPS) is 11.9. The Kier molecular flexibility index (Phi) is 6.17. The van der Waals surface area contributed by atoms with Crippen molar-refractivity contribution in [2.45, 2.75) is 33.6 Å². The SMILES string of the molecule is C=C/C=C(\C=C/C)c1ccc(CCC)c(-c2ccccc2C)c1. The van der Waals surface area contributed by atoms with Crippen molar-refractivity contribution in [1.82, 2.24) is 0 Å². The molecule has 2 aromatic carbocycles. The molecule has 118 valence electrons. The van der Waals surface area contributed by atoms with Gasteiger partial charge in [-0.1, -0.05) is 80.6 Å². The zero-order chi connectivity index (χ0) is 16.7. The lowest BCUT2D eigenvalue weighted by Gasteiger charge is -2.14. The summed E-state index contributed by atoms with van der Waals surface area (Å²) in [6.07, 6.45) is 10.4. The molecule has 0 unspecified atom stereocenters. The first-order valence-electron chi connectivity index (χ1n) is 8.36. The Morgan fingerprint density at radius 2 is 1.87 bits per heavy atom. The van der Waals surface area contributed by atoms with Crippen LogP contribution in [0, 0.1) is 6.92 Å². The van der Waals surface area contributed by atoms with Crippen LogP contribution in [0.1, 0.15) is 37.0 Å². The maximum atomic E-state index is 3.84. The summed E-state index contributed by atoms with van der Waals surface area (Å²) in [5, 5.41) is 0. The van der Waals surface area contributed by atoms with E-state index in [9.17, 15) is 0 Å². The number of rotatable bonds is 6. The summed E-state index contributed by atoms with van der Waals surface area (Å²) in [7, 11) is 0. The molecule has 0 aromatic heterocycles. The Morgan fingerprint density at radius 3 is 2.52 bits per heavy atom. The molecule has 2 rings (SSSR count). The monoisotopic (exact) mass is 302 g/mol. The van der Waals surface area contributed by atoms with Crippen LogP contribution >= 0.6 is 0 Å². The van der Waals surface area contributed by atoms with Gasteiger partial charge in [-0.15, -0.1) is 0 Å². The molecule has 0 amide bonds. The highest BCUT2D eigenvalue weighted by molar-refractivity contribution is 5.80. The summed E-state index contributed by atoms with van der Waals surface area (Å²) < 4.78 is 0. The van der Waals surface area contributed by atoms with Crippen molar-refractivity contribution >= 4 is 5.57 Å². The molecule has 0 N–H and O–H groups in total. The van der Waals surface area contributed by atoms with Gasteiger partial charge in [0.25, 0.3) is 0 Å². The maximum absolute atomic E-state index is 3.84. The molecule has 0 saturated heterocycles. The van der Waals surface area contributed by atoms with Gasteiger partial charge in [0, 0.05) is 0 Å². The van der Waals surface area contributed by atoms with E-state index < -0.39 is 0 Å². The van der Waals surface area contributed by atoms with Crippen LogP contribution in [0.5, 0.6) is 0 Å². The Hall–Kier alpha value is -2.34. The number of benzene rings is 2. The highest BCUT2D eigenvalue weighted by Gasteiger charge is 2.09. The van der Waals surface area contributed by atoms with Crippen molar-refractivity contribution in [1.29, 1.82) is 0 Å². The van der Waals surface area contributed by atoms with E-state index in [2.05, 4.69) is 81.1 Å². The van der Waals surface area contributed by atoms with Crippen molar-refractivity contribution < 1.29 is 0 Å². The molecular weight excluding hydrogens is 276 g/mol. The molecule has 23 heavy (non-hydrogen) atoms. The van der Waals surface area contributed by atoms with Crippen LogP contribution in [0.2, 0.25) is 0 Å². The van der Waals surface area contributed by atoms with Gasteiger partial charge in [-0.05, 0) is 59.7 Å². The maximum Gasteiger partial charge on any atom is -0.0143 e. The van der Waals surface area contributed by atoms with Crippen LogP contribution in [-0.2, 0) is 6.42 Å². The lowest BCUT2D eigenvalue weighted by atomic mass is 9.90. The molecule has 0 aliphatic carbocycles. The third-order valence-electron chi connectivity index (χ3n) is 4.04. The Labute approximate surface area is 140 Å². The van der Waals surface area contributed by atoms with Gasteiger partial charge in [0.05, 0.1) is 0 Å². The fourth-order valence-electron chi connectivity index (χ4n) is 2.92. The standard InChI is InChI=1S/C23H26/c1-5-10-19(11-6-2)21-16-15-20(12-7-3)23(17-21)22-14-9-8-13-18(22)4/h5-6,8-11,13-17H,1,7,12H2,2-4H3/b11-6-,19-10+. The minimum absolute atomic E-state index is 1.11.